The summed E-state index contributed by atoms with van der Waals surface area (Å²) in [6, 6.07) is 19.2. The number of likely N-dealkylation sites (N-methyl/N-ethyl adjacent to an activating group) is 1. The molecule has 0 bridgehead atoms. The van der Waals surface area contributed by atoms with Gasteiger partial charge >= 0.3 is 0 Å². The molecule has 9 heteroatoms. The van der Waals surface area contributed by atoms with Crippen molar-refractivity contribution in [3.05, 3.63) is 101 Å². The fourth-order valence-electron chi connectivity index (χ4n) is 3.99. The van der Waals surface area contributed by atoms with Crippen LogP contribution in [-0.4, -0.2) is 57.8 Å². The standard InChI is InChI=1S/C28H28N6O3/c1-33(2)10-11-37-23-8-9-25-20(12-23)13-26(32-25)24-14-22(16-29-28(24)36)31-27(35)21-15-30-34(18-21)17-19-6-4-3-5-7-19/h3-9,12-16,18,32H,10-11,17H2,1-2H3,(H,29,36)(H,31,35). The third-order valence-corrected chi connectivity index (χ3v) is 5.93. The third kappa shape index (κ3) is 5.79. The SMILES string of the molecule is CN(C)CCOc1ccc2[nH]c(-c3cc(NC(=O)c4cnn(Cc5ccccc5)c4)c[nH]c3=O)cc2c1. The van der Waals surface area contributed by atoms with Gasteiger partial charge in [-0.05, 0) is 50.0 Å². The summed E-state index contributed by atoms with van der Waals surface area (Å²) in [6.45, 7) is 1.97. The minimum absolute atomic E-state index is 0.261. The summed E-state index contributed by atoms with van der Waals surface area (Å²) in [4.78, 5) is 33.5. The lowest BCUT2D eigenvalue weighted by Crippen LogP contribution is -2.19. The summed E-state index contributed by atoms with van der Waals surface area (Å²) in [5.41, 5.74) is 3.68. The Morgan fingerprint density at radius 2 is 1.95 bits per heavy atom. The molecule has 0 saturated heterocycles. The molecule has 0 aliphatic carbocycles. The van der Waals surface area contributed by atoms with Crippen molar-refractivity contribution in [3.63, 3.8) is 0 Å². The summed E-state index contributed by atoms with van der Waals surface area (Å²) < 4.78 is 7.54. The van der Waals surface area contributed by atoms with E-state index in [9.17, 15) is 9.59 Å². The Balaban J connectivity index is 1.31. The normalized spacial score (nSPS) is 11.2. The number of rotatable bonds is 9. The number of hydrogen-bond acceptors (Lipinski definition) is 5. The van der Waals surface area contributed by atoms with Gasteiger partial charge in [-0.2, -0.15) is 5.10 Å². The topological polar surface area (TPSA) is 108 Å². The highest BCUT2D eigenvalue weighted by Crippen LogP contribution is 2.26. The first-order valence-corrected chi connectivity index (χ1v) is 12.0. The summed E-state index contributed by atoms with van der Waals surface area (Å²) >= 11 is 0. The zero-order valence-corrected chi connectivity index (χ0v) is 20.7. The number of benzene rings is 2. The molecule has 0 atom stereocenters. The summed E-state index contributed by atoms with van der Waals surface area (Å²) in [5, 5.41) is 8.07. The number of anilines is 1. The number of pyridine rings is 1. The van der Waals surface area contributed by atoms with Gasteiger partial charge in [0.15, 0.2) is 0 Å². The number of carbonyl (C=O) groups is 1. The molecule has 0 aliphatic rings. The van der Waals surface area contributed by atoms with Crippen LogP contribution < -0.4 is 15.6 Å². The second-order valence-corrected chi connectivity index (χ2v) is 9.08. The average molecular weight is 497 g/mol. The maximum Gasteiger partial charge on any atom is 0.258 e. The van der Waals surface area contributed by atoms with Crippen LogP contribution >= 0.6 is 0 Å². The molecule has 1 amide bonds. The monoisotopic (exact) mass is 496 g/mol. The number of carbonyl (C=O) groups excluding carboxylic acids is 1. The van der Waals surface area contributed by atoms with Gasteiger partial charge in [0.05, 0.1) is 35.2 Å². The predicted octanol–water partition coefficient (Wildman–Crippen LogP) is 3.96. The Hall–Kier alpha value is -4.63. The number of fused-ring (bicyclic) bond motifs is 1. The lowest BCUT2D eigenvalue weighted by atomic mass is 10.1. The molecule has 0 saturated carbocycles. The quantitative estimate of drug-likeness (QED) is 0.286. The molecule has 0 unspecified atom stereocenters. The molecule has 3 aromatic heterocycles. The van der Waals surface area contributed by atoms with Crippen molar-refractivity contribution >= 4 is 22.5 Å². The Bertz CT molecular complexity index is 1580. The van der Waals surface area contributed by atoms with E-state index in [1.165, 1.54) is 12.4 Å². The van der Waals surface area contributed by atoms with Crippen molar-refractivity contribution in [2.75, 3.05) is 32.6 Å². The van der Waals surface area contributed by atoms with Crippen LogP contribution in [0.3, 0.4) is 0 Å². The van der Waals surface area contributed by atoms with E-state index >= 15 is 0 Å². The van der Waals surface area contributed by atoms with Crippen LogP contribution in [0, 0.1) is 0 Å². The number of aromatic nitrogens is 4. The molecule has 3 N–H and O–H groups in total. The first-order chi connectivity index (χ1) is 17.9. The highest BCUT2D eigenvalue weighted by atomic mass is 16.5. The Kier molecular flexibility index (Phi) is 6.87. The third-order valence-electron chi connectivity index (χ3n) is 5.93. The van der Waals surface area contributed by atoms with E-state index in [0.29, 0.717) is 35.7 Å². The largest absolute Gasteiger partial charge is 0.492 e. The van der Waals surface area contributed by atoms with E-state index in [-0.39, 0.29) is 11.5 Å². The van der Waals surface area contributed by atoms with Gasteiger partial charge in [0, 0.05) is 29.8 Å². The Morgan fingerprint density at radius 1 is 1.11 bits per heavy atom. The van der Waals surface area contributed by atoms with Crippen molar-refractivity contribution in [1.29, 1.82) is 0 Å². The predicted molar refractivity (Wildman–Crippen MR) is 144 cm³/mol. The van der Waals surface area contributed by atoms with E-state index in [2.05, 4.69) is 25.3 Å². The minimum atomic E-state index is -0.312. The van der Waals surface area contributed by atoms with Crippen LogP contribution in [-0.2, 0) is 6.54 Å². The average Bonchev–Trinajstić information content (AvgIpc) is 3.52. The zero-order valence-electron chi connectivity index (χ0n) is 20.7. The maximum absolute atomic E-state index is 12.8. The smallest absolute Gasteiger partial charge is 0.258 e. The van der Waals surface area contributed by atoms with E-state index in [1.807, 2.05) is 68.7 Å². The fraction of sp³-hybridized carbons (Fsp3) is 0.179. The van der Waals surface area contributed by atoms with Crippen molar-refractivity contribution in [2.24, 2.45) is 0 Å². The van der Waals surface area contributed by atoms with Crippen molar-refractivity contribution in [2.45, 2.75) is 6.54 Å². The molecule has 188 valence electrons. The number of H-pyrrole nitrogens is 2. The molecule has 0 radical (unpaired) electrons. The Labute approximate surface area is 213 Å². The van der Waals surface area contributed by atoms with E-state index in [0.717, 1.165) is 28.8 Å². The van der Waals surface area contributed by atoms with Crippen molar-refractivity contribution in [1.82, 2.24) is 24.6 Å². The highest BCUT2D eigenvalue weighted by Gasteiger charge is 2.13. The van der Waals surface area contributed by atoms with Crippen LogP contribution in [0.25, 0.3) is 22.2 Å². The van der Waals surface area contributed by atoms with Crippen LogP contribution in [0.15, 0.2) is 84.0 Å². The van der Waals surface area contributed by atoms with Gasteiger partial charge < -0.3 is 24.9 Å². The number of aromatic amines is 2. The summed E-state index contributed by atoms with van der Waals surface area (Å²) in [7, 11) is 4.00. The van der Waals surface area contributed by atoms with Gasteiger partial charge in [0.2, 0.25) is 0 Å². The van der Waals surface area contributed by atoms with Crippen LogP contribution in [0.5, 0.6) is 5.75 Å². The van der Waals surface area contributed by atoms with Crippen LogP contribution in [0.2, 0.25) is 0 Å². The lowest BCUT2D eigenvalue weighted by Gasteiger charge is -2.10. The fourth-order valence-corrected chi connectivity index (χ4v) is 3.99. The van der Waals surface area contributed by atoms with Gasteiger partial charge in [-0.1, -0.05) is 30.3 Å². The number of nitrogens with zero attached hydrogens (tertiary/aromatic N) is 3. The van der Waals surface area contributed by atoms with E-state index in [1.54, 1.807) is 16.9 Å². The highest BCUT2D eigenvalue weighted by molar-refractivity contribution is 6.04. The van der Waals surface area contributed by atoms with Crippen LogP contribution in [0.4, 0.5) is 5.69 Å². The maximum atomic E-state index is 12.8. The Morgan fingerprint density at radius 3 is 2.76 bits per heavy atom. The summed E-state index contributed by atoms with van der Waals surface area (Å²) in [5.74, 6) is 0.455. The van der Waals surface area contributed by atoms with Gasteiger partial charge in [0.1, 0.15) is 12.4 Å². The second kappa shape index (κ2) is 10.5. The number of hydrogen-bond donors (Lipinski definition) is 3. The molecule has 9 nitrogen and oxygen atoms in total. The number of nitrogens with one attached hydrogen (secondary N) is 3. The molecular weight excluding hydrogens is 468 g/mol. The second-order valence-electron chi connectivity index (χ2n) is 9.08. The van der Waals surface area contributed by atoms with Gasteiger partial charge in [-0.3, -0.25) is 14.3 Å². The molecule has 5 aromatic rings. The van der Waals surface area contributed by atoms with E-state index < -0.39 is 0 Å². The first kappa shape index (κ1) is 24.1. The lowest BCUT2D eigenvalue weighted by molar-refractivity contribution is 0.102. The minimum Gasteiger partial charge on any atom is -0.492 e. The molecule has 5 rings (SSSR count). The molecule has 3 heterocycles. The zero-order chi connectivity index (χ0) is 25.8. The molecule has 0 fully saturated rings. The molecule has 37 heavy (non-hydrogen) atoms. The number of amides is 1. The van der Waals surface area contributed by atoms with Crippen molar-refractivity contribution < 1.29 is 9.53 Å². The molecule has 0 spiro atoms. The van der Waals surface area contributed by atoms with Gasteiger partial charge in [-0.25, -0.2) is 0 Å². The molecular formula is C28H28N6O3. The van der Waals surface area contributed by atoms with Gasteiger partial charge in [-0.15, -0.1) is 0 Å². The number of ether oxygens (including phenoxy) is 1. The van der Waals surface area contributed by atoms with Crippen molar-refractivity contribution in [3.8, 4) is 17.0 Å². The molecule has 2 aromatic carbocycles. The first-order valence-electron chi connectivity index (χ1n) is 12.0. The van der Waals surface area contributed by atoms with Crippen LogP contribution in [0.1, 0.15) is 15.9 Å². The van der Waals surface area contributed by atoms with Gasteiger partial charge in [0.25, 0.3) is 11.5 Å². The molecule has 0 aliphatic heterocycles. The summed E-state index contributed by atoms with van der Waals surface area (Å²) in [6.07, 6.45) is 4.71. The van der Waals surface area contributed by atoms with E-state index in [4.69, 9.17) is 4.74 Å².